The molecule has 2 N–H and O–H groups in total. The van der Waals surface area contributed by atoms with Crippen LogP contribution in [0.25, 0.3) is 33.8 Å². The normalized spacial score (nSPS) is 17.4. The van der Waals surface area contributed by atoms with Crippen molar-refractivity contribution in [1.29, 1.82) is 0 Å². The Bertz CT molecular complexity index is 1390. The first-order valence-electron chi connectivity index (χ1n) is 11.5. The van der Waals surface area contributed by atoms with Crippen molar-refractivity contribution in [2.75, 3.05) is 11.9 Å². The van der Waals surface area contributed by atoms with E-state index in [9.17, 15) is 4.79 Å². The zero-order valence-electron chi connectivity index (χ0n) is 20.0. The predicted molar refractivity (Wildman–Crippen MR) is 131 cm³/mol. The summed E-state index contributed by atoms with van der Waals surface area (Å²) in [4.78, 5) is 35.6. The number of nitrogens with one attached hydrogen (secondary N) is 2. The lowest BCUT2D eigenvalue weighted by Gasteiger charge is -2.25. The van der Waals surface area contributed by atoms with Crippen molar-refractivity contribution in [3.05, 3.63) is 48.3 Å². The summed E-state index contributed by atoms with van der Waals surface area (Å²) in [5, 5.41) is 6.46. The van der Waals surface area contributed by atoms with Gasteiger partial charge in [0.25, 0.3) is 0 Å². The lowest BCUT2D eigenvalue weighted by molar-refractivity contribution is -0.121. The molecule has 0 saturated heterocycles. The van der Waals surface area contributed by atoms with Crippen LogP contribution in [-0.2, 0) is 16.9 Å². The molecule has 5 rings (SSSR count). The lowest BCUT2D eigenvalue weighted by Crippen LogP contribution is -2.46. The van der Waals surface area contributed by atoms with E-state index >= 15 is 0 Å². The average molecular weight is 457 g/mol. The number of carbonyl (C=O) groups excluding carboxylic acids is 1. The number of carbonyl (C=O) groups is 1. The van der Waals surface area contributed by atoms with Crippen LogP contribution >= 0.6 is 0 Å². The number of fused-ring (bicyclic) bond motifs is 2. The van der Waals surface area contributed by atoms with E-state index in [1.807, 2.05) is 36.6 Å². The molecule has 174 valence electrons. The zero-order chi connectivity index (χ0) is 24.0. The van der Waals surface area contributed by atoms with Gasteiger partial charge in [0.05, 0.1) is 5.56 Å². The molecule has 0 bridgehead atoms. The Kier molecular flexibility index (Phi) is 5.36. The number of aromatic nitrogens is 6. The van der Waals surface area contributed by atoms with Crippen molar-refractivity contribution in [1.82, 2.24) is 34.8 Å². The van der Waals surface area contributed by atoms with Crippen LogP contribution < -0.4 is 10.6 Å². The van der Waals surface area contributed by atoms with Gasteiger partial charge in [-0.15, -0.1) is 0 Å². The summed E-state index contributed by atoms with van der Waals surface area (Å²) in [6, 6.07) is 5.93. The van der Waals surface area contributed by atoms with Crippen molar-refractivity contribution >= 4 is 22.8 Å². The fourth-order valence-corrected chi connectivity index (χ4v) is 4.34. The second-order valence-electron chi connectivity index (χ2n) is 9.21. The Hall–Kier alpha value is -3.72. The fourth-order valence-electron chi connectivity index (χ4n) is 4.34. The molecule has 0 fully saturated rings. The minimum atomic E-state index is -0.811. The van der Waals surface area contributed by atoms with Crippen LogP contribution in [0.15, 0.2) is 36.9 Å². The van der Waals surface area contributed by atoms with Crippen LogP contribution in [-0.4, -0.2) is 41.9 Å². The molecular formula is C25H28N8O. The molecule has 4 aromatic rings. The molecule has 1 amide bonds. The standard InChI is InChI=1S/C25H28N8O/c1-6-33-22(17-11-26-15(4)27-12-17)32-21-20(28-13-29-23(21)33)16-7-8-19-18(9-16)25(5,24(34)31-19)30-10-14(2)3/h7-9,11-14,30H,6,10H2,1-5H3,(H,31,34)/t25-/m1/s1. The topological polar surface area (TPSA) is 111 Å². The van der Waals surface area contributed by atoms with Crippen molar-refractivity contribution in [2.45, 2.75) is 46.7 Å². The lowest BCUT2D eigenvalue weighted by atomic mass is 9.91. The molecule has 0 aliphatic carbocycles. The molecule has 1 aliphatic heterocycles. The highest BCUT2D eigenvalue weighted by atomic mass is 16.2. The van der Waals surface area contributed by atoms with Gasteiger partial charge in [0.2, 0.25) is 5.91 Å². The third kappa shape index (κ3) is 3.52. The highest BCUT2D eigenvalue weighted by molar-refractivity contribution is 6.06. The van der Waals surface area contributed by atoms with Crippen molar-refractivity contribution in [2.24, 2.45) is 5.92 Å². The Morgan fingerprint density at radius 1 is 1.12 bits per heavy atom. The quantitative estimate of drug-likeness (QED) is 0.455. The largest absolute Gasteiger partial charge is 0.324 e. The summed E-state index contributed by atoms with van der Waals surface area (Å²) in [7, 11) is 0. The number of amides is 1. The second-order valence-corrected chi connectivity index (χ2v) is 9.21. The molecule has 3 aromatic heterocycles. The van der Waals surface area contributed by atoms with Gasteiger partial charge in [0.1, 0.15) is 34.7 Å². The predicted octanol–water partition coefficient (Wildman–Crippen LogP) is 3.69. The average Bonchev–Trinajstić information content (AvgIpc) is 3.33. The maximum atomic E-state index is 12.9. The number of aryl methyl sites for hydroxylation is 2. The van der Waals surface area contributed by atoms with E-state index in [1.165, 1.54) is 0 Å². The molecule has 0 saturated carbocycles. The summed E-state index contributed by atoms with van der Waals surface area (Å²) in [5.41, 5.74) is 4.79. The Morgan fingerprint density at radius 2 is 1.88 bits per heavy atom. The molecule has 1 aromatic carbocycles. The van der Waals surface area contributed by atoms with Gasteiger partial charge in [-0.1, -0.05) is 19.9 Å². The molecule has 1 atom stereocenters. The molecule has 9 heteroatoms. The van der Waals surface area contributed by atoms with E-state index in [0.717, 1.165) is 46.1 Å². The number of hydrogen-bond acceptors (Lipinski definition) is 7. The molecule has 34 heavy (non-hydrogen) atoms. The first-order chi connectivity index (χ1) is 16.3. The molecule has 0 unspecified atom stereocenters. The molecule has 0 spiro atoms. The Morgan fingerprint density at radius 3 is 2.59 bits per heavy atom. The molecule has 1 aliphatic rings. The second kappa shape index (κ2) is 8.25. The SMILES string of the molecule is CCn1c(-c2cnc(C)nc2)nc2c(-c3ccc4c(c3)[C@@](C)(NCC(C)C)C(=O)N4)ncnc21. The smallest absolute Gasteiger partial charge is 0.249 e. The Labute approximate surface area is 198 Å². The summed E-state index contributed by atoms with van der Waals surface area (Å²) in [6.07, 6.45) is 5.12. The van der Waals surface area contributed by atoms with E-state index in [-0.39, 0.29) is 5.91 Å². The molecule has 4 heterocycles. The summed E-state index contributed by atoms with van der Waals surface area (Å²) in [5.74, 6) is 1.82. The fraction of sp³-hybridized carbons (Fsp3) is 0.360. The summed E-state index contributed by atoms with van der Waals surface area (Å²) >= 11 is 0. The van der Waals surface area contributed by atoms with Gasteiger partial charge >= 0.3 is 0 Å². The van der Waals surface area contributed by atoms with E-state index in [2.05, 4.69) is 51.3 Å². The number of nitrogens with zero attached hydrogens (tertiary/aromatic N) is 6. The molecular weight excluding hydrogens is 428 g/mol. The molecule has 9 nitrogen and oxygen atoms in total. The van der Waals surface area contributed by atoms with E-state index in [4.69, 9.17) is 4.98 Å². The van der Waals surface area contributed by atoms with Crippen molar-refractivity contribution in [3.63, 3.8) is 0 Å². The highest BCUT2D eigenvalue weighted by Gasteiger charge is 2.42. The van der Waals surface area contributed by atoms with Crippen LogP contribution in [0.1, 0.15) is 39.1 Å². The maximum Gasteiger partial charge on any atom is 0.249 e. The van der Waals surface area contributed by atoms with Gasteiger partial charge in [-0.25, -0.2) is 24.9 Å². The Balaban J connectivity index is 1.64. The van der Waals surface area contributed by atoms with E-state index < -0.39 is 5.54 Å². The minimum absolute atomic E-state index is 0.0509. The van der Waals surface area contributed by atoms with Gasteiger partial charge in [-0.05, 0) is 45.4 Å². The third-order valence-corrected chi connectivity index (χ3v) is 6.29. The van der Waals surface area contributed by atoms with Gasteiger partial charge in [-0.3, -0.25) is 10.1 Å². The van der Waals surface area contributed by atoms with E-state index in [1.54, 1.807) is 18.7 Å². The van der Waals surface area contributed by atoms with Crippen LogP contribution in [0.2, 0.25) is 0 Å². The monoisotopic (exact) mass is 456 g/mol. The van der Waals surface area contributed by atoms with Gasteiger partial charge in [0, 0.05) is 35.8 Å². The number of rotatable bonds is 6. The summed E-state index contributed by atoms with van der Waals surface area (Å²) in [6.45, 7) is 11.5. The van der Waals surface area contributed by atoms with Gasteiger partial charge < -0.3 is 9.88 Å². The van der Waals surface area contributed by atoms with Crippen LogP contribution in [0, 0.1) is 12.8 Å². The number of hydrogen-bond donors (Lipinski definition) is 2. The van der Waals surface area contributed by atoms with Crippen LogP contribution in [0.3, 0.4) is 0 Å². The first kappa shape index (κ1) is 22.1. The van der Waals surface area contributed by atoms with Gasteiger partial charge in [-0.2, -0.15) is 0 Å². The van der Waals surface area contributed by atoms with Crippen molar-refractivity contribution < 1.29 is 4.79 Å². The van der Waals surface area contributed by atoms with E-state index in [0.29, 0.717) is 23.8 Å². The highest BCUT2D eigenvalue weighted by Crippen LogP contribution is 2.39. The van der Waals surface area contributed by atoms with Gasteiger partial charge in [0.15, 0.2) is 5.65 Å². The zero-order valence-corrected chi connectivity index (χ0v) is 20.0. The minimum Gasteiger partial charge on any atom is -0.324 e. The molecule has 0 radical (unpaired) electrons. The number of benzene rings is 1. The van der Waals surface area contributed by atoms with Crippen LogP contribution in [0.4, 0.5) is 5.69 Å². The number of anilines is 1. The third-order valence-electron chi connectivity index (χ3n) is 6.29. The number of imidazole rings is 1. The first-order valence-corrected chi connectivity index (χ1v) is 11.5. The summed E-state index contributed by atoms with van der Waals surface area (Å²) < 4.78 is 2.04. The van der Waals surface area contributed by atoms with Crippen molar-refractivity contribution in [3.8, 4) is 22.6 Å². The van der Waals surface area contributed by atoms with Crippen LogP contribution in [0.5, 0.6) is 0 Å². The maximum absolute atomic E-state index is 12.9.